The zero-order valence-corrected chi connectivity index (χ0v) is 20.8. The minimum atomic E-state index is -0.536. The SMILES string of the molecule is CCCCCCCCNC(=O)C=Cc1ccc2cc(OC[C@H](O)CCc3cccnc3)ccc2c1. The lowest BCUT2D eigenvalue weighted by atomic mass is 10.1. The Morgan fingerprint density at radius 3 is 2.69 bits per heavy atom. The second kappa shape index (κ2) is 14.9. The molecule has 5 heteroatoms. The molecule has 0 saturated heterocycles. The molecule has 1 heterocycles. The average Bonchev–Trinajstić information content (AvgIpc) is 2.89. The Hall–Kier alpha value is -3.18. The quantitative estimate of drug-likeness (QED) is 0.206. The fourth-order valence-electron chi connectivity index (χ4n) is 3.94. The number of aromatic nitrogens is 1. The number of nitrogens with zero attached hydrogens (tertiary/aromatic N) is 1. The number of amides is 1. The first-order valence-corrected chi connectivity index (χ1v) is 12.8. The first-order chi connectivity index (χ1) is 17.1. The standard InChI is InChI=1S/C30H38N2O3/c1-2-3-4-5-6-7-19-32-30(34)17-12-24-10-13-27-21-29(16-14-26(27)20-24)35-23-28(33)15-11-25-9-8-18-31-22-25/h8-10,12-14,16-18,20-22,28,33H,2-7,11,15,19,23H2,1H3,(H,32,34)/t28-/m1/s1. The largest absolute Gasteiger partial charge is 0.491 e. The van der Waals surface area contributed by atoms with Gasteiger partial charge >= 0.3 is 0 Å². The summed E-state index contributed by atoms with van der Waals surface area (Å²) in [4.78, 5) is 16.2. The Bertz CT molecular complexity index is 1070. The molecule has 0 fully saturated rings. The second-order valence-corrected chi connectivity index (χ2v) is 9.03. The van der Waals surface area contributed by atoms with Crippen LogP contribution in [-0.4, -0.2) is 35.3 Å². The Balaban J connectivity index is 1.42. The summed E-state index contributed by atoms with van der Waals surface area (Å²) in [5.41, 5.74) is 2.09. The molecule has 0 radical (unpaired) electrons. The van der Waals surface area contributed by atoms with Crippen LogP contribution in [0.4, 0.5) is 0 Å². The number of pyridine rings is 1. The zero-order chi connectivity index (χ0) is 24.7. The maximum absolute atomic E-state index is 12.1. The van der Waals surface area contributed by atoms with Crippen LogP contribution >= 0.6 is 0 Å². The predicted octanol–water partition coefficient (Wildman–Crippen LogP) is 6.10. The number of fused-ring (bicyclic) bond motifs is 1. The van der Waals surface area contributed by atoms with Gasteiger partial charge in [0.15, 0.2) is 0 Å². The van der Waals surface area contributed by atoms with Crippen LogP contribution in [0.2, 0.25) is 0 Å². The lowest BCUT2D eigenvalue weighted by Crippen LogP contribution is -2.21. The Morgan fingerprint density at radius 2 is 1.86 bits per heavy atom. The monoisotopic (exact) mass is 474 g/mol. The smallest absolute Gasteiger partial charge is 0.243 e. The van der Waals surface area contributed by atoms with E-state index < -0.39 is 6.10 Å². The average molecular weight is 475 g/mol. The van der Waals surface area contributed by atoms with Gasteiger partial charge in [-0.3, -0.25) is 9.78 Å². The van der Waals surface area contributed by atoms with Crippen LogP contribution in [0, 0.1) is 0 Å². The maximum atomic E-state index is 12.1. The number of unbranched alkanes of at least 4 members (excludes halogenated alkanes) is 5. The summed E-state index contributed by atoms with van der Waals surface area (Å²) < 4.78 is 5.81. The lowest BCUT2D eigenvalue weighted by molar-refractivity contribution is -0.116. The third-order valence-corrected chi connectivity index (χ3v) is 6.02. The highest BCUT2D eigenvalue weighted by Gasteiger charge is 2.07. The summed E-state index contributed by atoms with van der Waals surface area (Å²) in [6, 6.07) is 15.9. The van der Waals surface area contributed by atoms with Gasteiger partial charge in [-0.2, -0.15) is 0 Å². The molecular weight excluding hydrogens is 436 g/mol. The molecular formula is C30H38N2O3. The van der Waals surface area contributed by atoms with E-state index >= 15 is 0 Å². The zero-order valence-electron chi connectivity index (χ0n) is 20.8. The molecule has 0 spiro atoms. The Kier molecular flexibility index (Phi) is 11.3. The second-order valence-electron chi connectivity index (χ2n) is 9.03. The number of hydrogen-bond acceptors (Lipinski definition) is 4. The van der Waals surface area contributed by atoms with Crippen LogP contribution in [0.25, 0.3) is 16.8 Å². The highest BCUT2D eigenvalue weighted by molar-refractivity contribution is 5.93. The van der Waals surface area contributed by atoms with E-state index in [1.165, 1.54) is 32.1 Å². The van der Waals surface area contributed by atoms with Gasteiger partial charge in [0.05, 0.1) is 6.10 Å². The molecule has 5 nitrogen and oxygen atoms in total. The molecule has 1 amide bonds. The van der Waals surface area contributed by atoms with E-state index in [2.05, 4.69) is 23.3 Å². The van der Waals surface area contributed by atoms with Crippen molar-refractivity contribution in [2.24, 2.45) is 0 Å². The fourth-order valence-corrected chi connectivity index (χ4v) is 3.94. The van der Waals surface area contributed by atoms with Crippen LogP contribution in [0.5, 0.6) is 5.75 Å². The molecule has 0 saturated carbocycles. The van der Waals surface area contributed by atoms with E-state index in [4.69, 9.17) is 4.74 Å². The van der Waals surface area contributed by atoms with E-state index in [0.717, 1.165) is 47.0 Å². The van der Waals surface area contributed by atoms with Crippen LogP contribution in [-0.2, 0) is 11.2 Å². The van der Waals surface area contributed by atoms with Crippen LogP contribution < -0.4 is 10.1 Å². The molecule has 186 valence electrons. The normalized spacial score (nSPS) is 12.2. The van der Waals surface area contributed by atoms with Crippen LogP contribution in [0.3, 0.4) is 0 Å². The van der Waals surface area contributed by atoms with Crippen molar-refractivity contribution in [1.82, 2.24) is 10.3 Å². The molecule has 0 aliphatic rings. The fraction of sp³-hybridized carbons (Fsp3) is 0.400. The molecule has 0 aliphatic carbocycles. The van der Waals surface area contributed by atoms with Crippen molar-refractivity contribution < 1.29 is 14.6 Å². The van der Waals surface area contributed by atoms with Crippen molar-refractivity contribution in [3.8, 4) is 5.75 Å². The Morgan fingerprint density at radius 1 is 1.06 bits per heavy atom. The lowest BCUT2D eigenvalue weighted by Gasteiger charge is -2.13. The van der Waals surface area contributed by atoms with Crippen LogP contribution in [0.15, 0.2) is 67.0 Å². The van der Waals surface area contributed by atoms with Crippen molar-refractivity contribution in [3.63, 3.8) is 0 Å². The maximum Gasteiger partial charge on any atom is 0.243 e. The molecule has 2 aromatic carbocycles. The summed E-state index contributed by atoms with van der Waals surface area (Å²) in [5.74, 6) is 0.680. The van der Waals surface area contributed by atoms with Crippen molar-refractivity contribution in [1.29, 1.82) is 0 Å². The number of carbonyl (C=O) groups is 1. The number of rotatable bonds is 15. The van der Waals surface area contributed by atoms with Gasteiger partial charge in [0.25, 0.3) is 0 Å². The number of benzene rings is 2. The number of carbonyl (C=O) groups excluding carboxylic acids is 1. The minimum absolute atomic E-state index is 0.0514. The summed E-state index contributed by atoms with van der Waals surface area (Å²) in [7, 11) is 0. The predicted molar refractivity (Wildman–Crippen MR) is 143 cm³/mol. The third-order valence-electron chi connectivity index (χ3n) is 6.02. The molecule has 2 N–H and O–H groups in total. The number of ether oxygens (including phenoxy) is 1. The number of aliphatic hydroxyl groups excluding tert-OH is 1. The summed E-state index contributed by atoms with van der Waals surface area (Å²) in [6.45, 7) is 3.20. The van der Waals surface area contributed by atoms with E-state index in [-0.39, 0.29) is 12.5 Å². The Labute approximate surface area is 209 Å². The molecule has 1 atom stereocenters. The molecule has 35 heavy (non-hydrogen) atoms. The first-order valence-electron chi connectivity index (χ1n) is 12.8. The highest BCUT2D eigenvalue weighted by Crippen LogP contribution is 2.23. The molecule has 3 rings (SSSR count). The minimum Gasteiger partial charge on any atom is -0.491 e. The van der Waals surface area contributed by atoms with E-state index in [1.54, 1.807) is 12.3 Å². The first kappa shape index (κ1) is 26.4. The van der Waals surface area contributed by atoms with E-state index in [0.29, 0.717) is 6.42 Å². The molecule has 1 aromatic heterocycles. The van der Waals surface area contributed by atoms with E-state index in [9.17, 15) is 9.90 Å². The van der Waals surface area contributed by atoms with Crippen LogP contribution in [0.1, 0.15) is 63.0 Å². The number of aryl methyl sites for hydroxylation is 1. The van der Waals surface area contributed by atoms with Gasteiger partial charge in [-0.15, -0.1) is 0 Å². The van der Waals surface area contributed by atoms with Gasteiger partial charge in [-0.05, 0) is 71.5 Å². The number of aliphatic hydroxyl groups is 1. The molecule has 3 aromatic rings. The van der Waals surface area contributed by atoms with Gasteiger partial charge in [-0.25, -0.2) is 0 Å². The third kappa shape index (κ3) is 9.91. The van der Waals surface area contributed by atoms with Gasteiger partial charge < -0.3 is 15.2 Å². The van der Waals surface area contributed by atoms with Crippen molar-refractivity contribution in [3.05, 3.63) is 78.1 Å². The number of hydrogen-bond donors (Lipinski definition) is 2. The number of nitrogens with one attached hydrogen (secondary N) is 1. The van der Waals surface area contributed by atoms with Gasteiger partial charge in [-0.1, -0.05) is 63.3 Å². The van der Waals surface area contributed by atoms with Gasteiger partial charge in [0.1, 0.15) is 12.4 Å². The summed E-state index contributed by atoms with van der Waals surface area (Å²) in [6.07, 6.45) is 15.2. The van der Waals surface area contributed by atoms with Gasteiger partial charge in [0, 0.05) is 25.0 Å². The summed E-state index contributed by atoms with van der Waals surface area (Å²) >= 11 is 0. The van der Waals surface area contributed by atoms with E-state index in [1.807, 2.05) is 54.7 Å². The van der Waals surface area contributed by atoms with Gasteiger partial charge in [0.2, 0.25) is 5.91 Å². The molecule has 0 unspecified atom stereocenters. The highest BCUT2D eigenvalue weighted by atomic mass is 16.5. The topological polar surface area (TPSA) is 71.5 Å². The van der Waals surface area contributed by atoms with Crippen molar-refractivity contribution in [2.75, 3.05) is 13.2 Å². The molecule has 0 bridgehead atoms. The summed E-state index contributed by atoms with van der Waals surface area (Å²) in [5, 5.41) is 15.3. The molecule has 0 aliphatic heterocycles. The van der Waals surface area contributed by atoms with Crippen molar-refractivity contribution >= 4 is 22.8 Å². The van der Waals surface area contributed by atoms with Crippen molar-refractivity contribution in [2.45, 2.75) is 64.4 Å².